The quantitative estimate of drug-likeness (QED) is 0.516. The lowest BCUT2D eigenvalue weighted by molar-refractivity contribution is 0.213. The Hall–Kier alpha value is -2.77. The SMILES string of the molecule is C[C@H](Oc1nc(-c2ccc([CH]N3CCCC3)cc2)cnc1N)c1c(F)ccc(F)c1Cl. The summed E-state index contributed by atoms with van der Waals surface area (Å²) in [5.41, 5.74) is 8.29. The van der Waals surface area contributed by atoms with Crippen LogP contribution < -0.4 is 10.5 Å². The minimum atomic E-state index is -0.924. The third-order valence-corrected chi connectivity index (χ3v) is 5.60. The number of aromatic nitrogens is 2. The van der Waals surface area contributed by atoms with E-state index in [0.717, 1.165) is 36.3 Å². The molecule has 5 nitrogen and oxygen atoms in total. The van der Waals surface area contributed by atoms with Gasteiger partial charge in [0, 0.05) is 11.1 Å². The van der Waals surface area contributed by atoms with Crippen molar-refractivity contribution in [2.24, 2.45) is 0 Å². The standard InChI is InChI=1S/C23H22ClF2N4O/c1-14(20-17(25)8-9-18(26)21(20)24)31-23-22(27)28-12-19(29-23)16-6-4-15(5-7-16)13-30-10-2-3-11-30/h4-9,12-14H,2-3,10-11H2,1H3,(H2,27,28)/t14-/m0/s1. The second kappa shape index (κ2) is 9.16. The normalized spacial score (nSPS) is 15.2. The maximum atomic E-state index is 14.2. The van der Waals surface area contributed by atoms with E-state index in [4.69, 9.17) is 22.1 Å². The Morgan fingerprint density at radius 2 is 1.77 bits per heavy atom. The molecular weight excluding hydrogens is 422 g/mol. The molecule has 161 valence electrons. The summed E-state index contributed by atoms with van der Waals surface area (Å²) < 4.78 is 33.7. The number of hydrogen-bond acceptors (Lipinski definition) is 5. The van der Waals surface area contributed by atoms with E-state index in [1.165, 1.54) is 12.8 Å². The van der Waals surface area contributed by atoms with Gasteiger partial charge in [0.1, 0.15) is 17.7 Å². The lowest BCUT2D eigenvalue weighted by Crippen LogP contribution is -2.15. The van der Waals surface area contributed by atoms with Crippen molar-refractivity contribution >= 4 is 17.4 Å². The first-order valence-electron chi connectivity index (χ1n) is 10.0. The minimum Gasteiger partial charge on any atom is -0.467 e. The predicted octanol–water partition coefficient (Wildman–Crippen LogP) is 5.40. The van der Waals surface area contributed by atoms with Gasteiger partial charge in [0.25, 0.3) is 5.88 Å². The maximum Gasteiger partial charge on any atom is 0.258 e. The lowest BCUT2D eigenvalue weighted by atomic mass is 10.1. The van der Waals surface area contributed by atoms with Crippen LogP contribution in [-0.4, -0.2) is 28.0 Å². The number of halogens is 3. The fraction of sp³-hybridized carbons (Fsp3) is 0.261. The molecule has 3 aromatic rings. The summed E-state index contributed by atoms with van der Waals surface area (Å²) in [6.45, 7) is 5.86. The summed E-state index contributed by atoms with van der Waals surface area (Å²) in [6.07, 6.45) is 3.07. The lowest BCUT2D eigenvalue weighted by Gasteiger charge is -2.18. The van der Waals surface area contributed by atoms with Crippen molar-refractivity contribution in [1.82, 2.24) is 14.9 Å². The van der Waals surface area contributed by atoms with E-state index in [1.807, 2.05) is 24.3 Å². The molecule has 2 heterocycles. The summed E-state index contributed by atoms with van der Waals surface area (Å²) in [5.74, 6) is -1.33. The molecule has 0 spiro atoms. The van der Waals surface area contributed by atoms with Gasteiger partial charge in [-0.3, -0.25) is 4.90 Å². The summed E-state index contributed by atoms with van der Waals surface area (Å²) >= 11 is 5.93. The van der Waals surface area contributed by atoms with E-state index in [1.54, 1.807) is 13.1 Å². The molecular formula is C23H22ClF2N4O. The number of ether oxygens (including phenoxy) is 1. The molecule has 0 aliphatic carbocycles. The molecule has 31 heavy (non-hydrogen) atoms. The van der Waals surface area contributed by atoms with E-state index in [0.29, 0.717) is 5.69 Å². The molecule has 1 aliphatic rings. The Balaban J connectivity index is 1.54. The smallest absolute Gasteiger partial charge is 0.258 e. The molecule has 2 aromatic carbocycles. The Kier molecular flexibility index (Phi) is 6.34. The first kappa shape index (κ1) is 21.5. The van der Waals surface area contributed by atoms with Gasteiger partial charge in [-0.1, -0.05) is 35.9 Å². The van der Waals surface area contributed by atoms with Crippen LogP contribution in [0.2, 0.25) is 5.02 Å². The highest BCUT2D eigenvalue weighted by Gasteiger charge is 2.21. The molecule has 0 saturated carbocycles. The summed E-state index contributed by atoms with van der Waals surface area (Å²) in [7, 11) is 0. The Bertz CT molecular complexity index is 1070. The summed E-state index contributed by atoms with van der Waals surface area (Å²) in [6, 6.07) is 9.88. The zero-order valence-corrected chi connectivity index (χ0v) is 17.7. The fourth-order valence-electron chi connectivity index (χ4n) is 3.57. The van der Waals surface area contributed by atoms with Gasteiger partial charge in [-0.25, -0.2) is 18.7 Å². The van der Waals surface area contributed by atoms with Gasteiger partial charge in [0.15, 0.2) is 5.82 Å². The van der Waals surface area contributed by atoms with E-state index in [9.17, 15) is 8.78 Å². The van der Waals surface area contributed by atoms with E-state index in [-0.39, 0.29) is 22.3 Å². The first-order valence-corrected chi connectivity index (χ1v) is 10.4. The van der Waals surface area contributed by atoms with E-state index >= 15 is 0 Å². The number of nitrogens with two attached hydrogens (primary N) is 1. The van der Waals surface area contributed by atoms with E-state index in [2.05, 4.69) is 21.4 Å². The van der Waals surface area contributed by atoms with Gasteiger partial charge < -0.3 is 10.5 Å². The summed E-state index contributed by atoms with van der Waals surface area (Å²) in [5, 5.41) is -0.333. The van der Waals surface area contributed by atoms with Crippen molar-refractivity contribution in [1.29, 1.82) is 0 Å². The van der Waals surface area contributed by atoms with Crippen molar-refractivity contribution in [2.75, 3.05) is 18.8 Å². The predicted molar refractivity (Wildman–Crippen MR) is 117 cm³/mol. The molecule has 0 amide bonds. The van der Waals surface area contributed by atoms with Crippen molar-refractivity contribution in [3.63, 3.8) is 0 Å². The fourth-order valence-corrected chi connectivity index (χ4v) is 3.88. The van der Waals surface area contributed by atoms with Crippen molar-refractivity contribution in [3.8, 4) is 17.1 Å². The molecule has 8 heteroatoms. The summed E-state index contributed by atoms with van der Waals surface area (Å²) in [4.78, 5) is 10.9. The van der Waals surface area contributed by atoms with Gasteiger partial charge in [-0.15, -0.1) is 0 Å². The van der Waals surface area contributed by atoms with Crippen LogP contribution in [0.25, 0.3) is 11.3 Å². The molecule has 1 radical (unpaired) electrons. The van der Waals surface area contributed by atoms with Crippen LogP contribution in [0.15, 0.2) is 42.6 Å². The van der Waals surface area contributed by atoms with Gasteiger partial charge in [0.2, 0.25) is 0 Å². The van der Waals surface area contributed by atoms with Crippen LogP contribution in [-0.2, 0) is 0 Å². The number of benzene rings is 2. The van der Waals surface area contributed by atoms with Gasteiger partial charge in [-0.05, 0) is 50.6 Å². The van der Waals surface area contributed by atoms with Crippen LogP contribution >= 0.6 is 11.6 Å². The molecule has 0 bridgehead atoms. The van der Waals surface area contributed by atoms with Crippen molar-refractivity contribution < 1.29 is 13.5 Å². The minimum absolute atomic E-state index is 0.0254. The number of nitrogens with zero attached hydrogens (tertiary/aromatic N) is 3. The van der Waals surface area contributed by atoms with Crippen LogP contribution in [0, 0.1) is 18.2 Å². The highest BCUT2D eigenvalue weighted by Crippen LogP contribution is 2.33. The average molecular weight is 444 g/mol. The monoisotopic (exact) mass is 443 g/mol. The zero-order valence-electron chi connectivity index (χ0n) is 17.0. The molecule has 1 atom stereocenters. The topological polar surface area (TPSA) is 64.3 Å². The van der Waals surface area contributed by atoms with Crippen LogP contribution in [0.1, 0.15) is 37.0 Å². The third kappa shape index (κ3) is 4.78. The molecule has 2 N–H and O–H groups in total. The second-order valence-electron chi connectivity index (χ2n) is 7.46. The molecule has 1 aliphatic heterocycles. The molecule has 0 unspecified atom stereocenters. The Morgan fingerprint density at radius 1 is 1.10 bits per heavy atom. The number of nitrogen functional groups attached to an aromatic ring is 1. The second-order valence-corrected chi connectivity index (χ2v) is 7.83. The van der Waals surface area contributed by atoms with Crippen LogP contribution in [0.4, 0.5) is 14.6 Å². The molecule has 1 aromatic heterocycles. The zero-order chi connectivity index (χ0) is 22.0. The molecule has 1 fully saturated rings. The highest BCUT2D eigenvalue weighted by atomic mass is 35.5. The maximum absolute atomic E-state index is 14.2. The van der Waals surface area contributed by atoms with Gasteiger partial charge >= 0.3 is 0 Å². The van der Waals surface area contributed by atoms with Gasteiger partial charge in [-0.2, -0.15) is 0 Å². The van der Waals surface area contributed by atoms with Crippen molar-refractivity contribution in [2.45, 2.75) is 25.9 Å². The molecule has 1 saturated heterocycles. The Morgan fingerprint density at radius 3 is 2.48 bits per heavy atom. The number of anilines is 1. The Labute approximate surface area is 184 Å². The number of hydrogen-bond donors (Lipinski definition) is 1. The van der Waals surface area contributed by atoms with Crippen molar-refractivity contribution in [3.05, 3.63) is 76.9 Å². The number of likely N-dealkylation sites (tertiary alicyclic amines) is 1. The first-order chi connectivity index (χ1) is 14.9. The largest absolute Gasteiger partial charge is 0.467 e. The van der Waals surface area contributed by atoms with Crippen LogP contribution in [0.5, 0.6) is 5.88 Å². The average Bonchev–Trinajstić information content (AvgIpc) is 3.26. The highest BCUT2D eigenvalue weighted by molar-refractivity contribution is 6.31. The van der Waals surface area contributed by atoms with Crippen LogP contribution in [0.3, 0.4) is 0 Å². The molecule has 4 rings (SSSR count). The van der Waals surface area contributed by atoms with Gasteiger partial charge in [0.05, 0.1) is 23.5 Å². The van der Waals surface area contributed by atoms with E-state index < -0.39 is 17.7 Å². The number of rotatable bonds is 6. The third-order valence-electron chi connectivity index (χ3n) is 5.22.